The van der Waals surface area contributed by atoms with Crippen LogP contribution in [0.4, 0.5) is 0 Å². The molecule has 1 heterocycles. The smallest absolute Gasteiger partial charge is 0.141 e. The van der Waals surface area contributed by atoms with Crippen LogP contribution >= 0.6 is 0 Å². The lowest BCUT2D eigenvalue weighted by Crippen LogP contribution is -2.07. The van der Waals surface area contributed by atoms with E-state index in [0.717, 1.165) is 11.4 Å². The second kappa shape index (κ2) is 6.23. The van der Waals surface area contributed by atoms with Crippen LogP contribution < -0.4 is 4.74 Å². The lowest BCUT2D eigenvalue weighted by molar-refractivity contribution is 0.406. The van der Waals surface area contributed by atoms with E-state index in [-0.39, 0.29) is 5.92 Å². The predicted octanol–water partition coefficient (Wildman–Crippen LogP) is 4.27. The Labute approximate surface area is 125 Å². The average molecular weight is 275 g/mol. The molecule has 1 aromatic heterocycles. The number of methoxy groups -OCH3 is 1. The average Bonchev–Trinajstić information content (AvgIpc) is 2.58. The molecule has 0 aliphatic rings. The first-order chi connectivity index (χ1) is 10.4. The molecule has 3 rings (SSSR count). The first-order valence-electron chi connectivity index (χ1n) is 6.99. The van der Waals surface area contributed by atoms with Gasteiger partial charge in [-0.05, 0) is 23.3 Å². The lowest BCUT2D eigenvalue weighted by atomic mass is 9.88. The van der Waals surface area contributed by atoms with Gasteiger partial charge in [-0.15, -0.1) is 0 Å². The molecule has 0 unspecified atom stereocenters. The van der Waals surface area contributed by atoms with Crippen molar-refractivity contribution in [2.75, 3.05) is 7.11 Å². The number of nitrogens with zero attached hydrogens (tertiary/aromatic N) is 1. The topological polar surface area (TPSA) is 22.1 Å². The molecule has 0 saturated heterocycles. The summed E-state index contributed by atoms with van der Waals surface area (Å²) in [7, 11) is 1.69. The molecule has 104 valence electrons. The van der Waals surface area contributed by atoms with Gasteiger partial charge in [-0.3, -0.25) is 4.98 Å². The van der Waals surface area contributed by atoms with Gasteiger partial charge in [0.05, 0.1) is 18.7 Å². The number of hydrogen-bond donors (Lipinski definition) is 0. The van der Waals surface area contributed by atoms with Gasteiger partial charge in [0.15, 0.2) is 0 Å². The zero-order valence-electron chi connectivity index (χ0n) is 11.9. The Morgan fingerprint density at radius 3 is 1.86 bits per heavy atom. The highest BCUT2D eigenvalue weighted by molar-refractivity contribution is 5.45. The molecule has 2 aromatic carbocycles. The van der Waals surface area contributed by atoms with Crippen molar-refractivity contribution in [3.63, 3.8) is 0 Å². The molecule has 0 bridgehead atoms. The summed E-state index contributed by atoms with van der Waals surface area (Å²) in [6, 6.07) is 24.7. The third-order valence-electron chi connectivity index (χ3n) is 3.56. The van der Waals surface area contributed by atoms with E-state index in [1.54, 1.807) is 7.11 Å². The number of hydrogen-bond acceptors (Lipinski definition) is 2. The Bertz CT molecular complexity index is 656. The summed E-state index contributed by atoms with van der Waals surface area (Å²) in [5.74, 6) is 0.888. The van der Waals surface area contributed by atoms with Crippen LogP contribution in [0.2, 0.25) is 0 Å². The highest BCUT2D eigenvalue weighted by Crippen LogP contribution is 2.35. The molecule has 0 fully saturated rings. The maximum absolute atomic E-state index is 5.51. The summed E-state index contributed by atoms with van der Waals surface area (Å²) in [6.45, 7) is 0. The van der Waals surface area contributed by atoms with E-state index in [9.17, 15) is 0 Å². The zero-order chi connectivity index (χ0) is 14.5. The van der Waals surface area contributed by atoms with Crippen LogP contribution in [0.3, 0.4) is 0 Å². The molecule has 21 heavy (non-hydrogen) atoms. The van der Waals surface area contributed by atoms with Gasteiger partial charge in [-0.1, -0.05) is 60.7 Å². The first-order valence-corrected chi connectivity index (χ1v) is 6.99. The molecule has 0 spiro atoms. The molecular weight excluding hydrogens is 258 g/mol. The van der Waals surface area contributed by atoms with Gasteiger partial charge in [0, 0.05) is 6.20 Å². The van der Waals surface area contributed by atoms with Crippen LogP contribution in [-0.2, 0) is 0 Å². The molecule has 0 saturated carbocycles. The molecule has 0 amide bonds. The minimum Gasteiger partial charge on any atom is -0.495 e. The molecule has 0 N–H and O–H groups in total. The van der Waals surface area contributed by atoms with Gasteiger partial charge in [0.1, 0.15) is 5.75 Å². The molecule has 0 aliphatic heterocycles. The van der Waals surface area contributed by atoms with Crippen LogP contribution in [0.5, 0.6) is 5.75 Å². The molecule has 2 heteroatoms. The van der Waals surface area contributed by atoms with Gasteiger partial charge >= 0.3 is 0 Å². The van der Waals surface area contributed by atoms with Crippen molar-refractivity contribution in [3.05, 3.63) is 95.8 Å². The van der Waals surface area contributed by atoms with E-state index < -0.39 is 0 Å². The van der Waals surface area contributed by atoms with E-state index in [0.29, 0.717) is 0 Å². The fraction of sp³-hybridized carbons (Fsp3) is 0.105. The molecule has 0 atom stereocenters. The quantitative estimate of drug-likeness (QED) is 0.709. The monoisotopic (exact) mass is 275 g/mol. The third kappa shape index (κ3) is 2.79. The Kier molecular flexibility index (Phi) is 3.97. The van der Waals surface area contributed by atoms with Crippen molar-refractivity contribution < 1.29 is 4.74 Å². The Hall–Kier alpha value is -2.61. The van der Waals surface area contributed by atoms with Gasteiger partial charge in [0.2, 0.25) is 0 Å². The third-order valence-corrected chi connectivity index (χ3v) is 3.56. The van der Waals surface area contributed by atoms with Crippen molar-refractivity contribution in [2.45, 2.75) is 5.92 Å². The summed E-state index contributed by atoms with van der Waals surface area (Å²) in [6.07, 6.45) is 1.82. The SMILES string of the molecule is COc1cccnc1C(c1ccccc1)c1ccccc1. The summed E-state index contributed by atoms with van der Waals surface area (Å²) >= 11 is 0. The van der Waals surface area contributed by atoms with Crippen molar-refractivity contribution >= 4 is 0 Å². The number of aromatic nitrogens is 1. The molecule has 0 aliphatic carbocycles. The summed E-state index contributed by atoms with van der Waals surface area (Å²) < 4.78 is 5.51. The molecular formula is C19H17NO. The summed E-state index contributed by atoms with van der Waals surface area (Å²) in [5, 5.41) is 0. The van der Waals surface area contributed by atoms with Crippen molar-refractivity contribution in [1.82, 2.24) is 4.98 Å². The summed E-state index contributed by atoms with van der Waals surface area (Å²) in [4.78, 5) is 4.58. The molecule has 0 radical (unpaired) electrons. The number of rotatable bonds is 4. The van der Waals surface area contributed by atoms with E-state index in [2.05, 4.69) is 53.5 Å². The highest BCUT2D eigenvalue weighted by Gasteiger charge is 2.21. The van der Waals surface area contributed by atoms with Gasteiger partial charge in [-0.2, -0.15) is 0 Å². The van der Waals surface area contributed by atoms with Crippen LogP contribution in [0, 0.1) is 0 Å². The van der Waals surface area contributed by atoms with E-state index >= 15 is 0 Å². The Morgan fingerprint density at radius 1 is 0.762 bits per heavy atom. The van der Waals surface area contributed by atoms with Crippen LogP contribution in [-0.4, -0.2) is 12.1 Å². The van der Waals surface area contributed by atoms with E-state index in [1.165, 1.54) is 11.1 Å². The van der Waals surface area contributed by atoms with Crippen LogP contribution in [0.1, 0.15) is 22.7 Å². The van der Waals surface area contributed by atoms with Gasteiger partial charge in [-0.25, -0.2) is 0 Å². The second-order valence-corrected chi connectivity index (χ2v) is 4.85. The van der Waals surface area contributed by atoms with Crippen LogP contribution in [0.25, 0.3) is 0 Å². The fourth-order valence-electron chi connectivity index (χ4n) is 2.59. The largest absolute Gasteiger partial charge is 0.495 e. The summed E-state index contributed by atoms with van der Waals surface area (Å²) in [5.41, 5.74) is 3.36. The Morgan fingerprint density at radius 2 is 1.33 bits per heavy atom. The standard InChI is InChI=1S/C19H17NO/c1-21-17-13-8-14-20-19(17)18(15-9-4-2-5-10-15)16-11-6-3-7-12-16/h2-14,18H,1H3. The second-order valence-electron chi connectivity index (χ2n) is 4.85. The van der Waals surface area contributed by atoms with Crippen molar-refractivity contribution in [1.29, 1.82) is 0 Å². The maximum Gasteiger partial charge on any atom is 0.141 e. The van der Waals surface area contributed by atoms with Gasteiger partial charge in [0.25, 0.3) is 0 Å². The van der Waals surface area contributed by atoms with Gasteiger partial charge < -0.3 is 4.74 Å². The first kappa shape index (κ1) is 13.4. The lowest BCUT2D eigenvalue weighted by Gasteiger charge is -2.19. The fourth-order valence-corrected chi connectivity index (χ4v) is 2.59. The minimum absolute atomic E-state index is 0.0727. The maximum atomic E-state index is 5.51. The number of ether oxygens (including phenoxy) is 1. The van der Waals surface area contributed by atoms with E-state index in [1.807, 2.05) is 30.5 Å². The number of benzene rings is 2. The highest BCUT2D eigenvalue weighted by atomic mass is 16.5. The Balaban J connectivity index is 2.17. The molecule has 3 aromatic rings. The number of pyridine rings is 1. The van der Waals surface area contributed by atoms with Crippen molar-refractivity contribution in [3.8, 4) is 5.75 Å². The normalized spacial score (nSPS) is 10.6. The molecule has 2 nitrogen and oxygen atoms in total. The van der Waals surface area contributed by atoms with E-state index in [4.69, 9.17) is 4.74 Å². The minimum atomic E-state index is 0.0727. The van der Waals surface area contributed by atoms with Crippen LogP contribution in [0.15, 0.2) is 79.0 Å². The van der Waals surface area contributed by atoms with Crippen molar-refractivity contribution in [2.24, 2.45) is 0 Å². The zero-order valence-corrected chi connectivity index (χ0v) is 11.9. The predicted molar refractivity (Wildman–Crippen MR) is 84.6 cm³/mol.